The largest absolute Gasteiger partial charge is 0.494 e. The van der Waals surface area contributed by atoms with E-state index < -0.39 is 0 Å². The Balaban J connectivity index is 1.62. The fourth-order valence-corrected chi connectivity index (χ4v) is 3.13. The number of Topliss-reactive ketones (excluding diaryl/α,β-unsaturated/α-hetero) is 1. The van der Waals surface area contributed by atoms with Crippen LogP contribution in [-0.2, 0) is 11.2 Å². The summed E-state index contributed by atoms with van der Waals surface area (Å²) in [4.78, 5) is 24.7. The van der Waals surface area contributed by atoms with Gasteiger partial charge in [0.15, 0.2) is 11.6 Å². The Morgan fingerprint density at radius 2 is 1.87 bits per heavy atom. The highest BCUT2D eigenvalue weighted by atomic mass is 16.5. The molecule has 8 nitrogen and oxygen atoms in total. The van der Waals surface area contributed by atoms with Gasteiger partial charge in [0, 0.05) is 24.1 Å². The second kappa shape index (κ2) is 9.78. The molecule has 3 aromatic rings. The molecular formula is C22H25N5O3. The average Bonchev–Trinajstić information content (AvgIpc) is 3.18. The molecule has 0 fully saturated rings. The molecule has 0 aliphatic rings. The van der Waals surface area contributed by atoms with Crippen molar-refractivity contribution in [1.29, 1.82) is 0 Å². The lowest BCUT2D eigenvalue weighted by Crippen LogP contribution is -2.14. The fourth-order valence-electron chi connectivity index (χ4n) is 3.13. The zero-order chi connectivity index (χ0) is 21.5. The summed E-state index contributed by atoms with van der Waals surface area (Å²) in [5.74, 6) is 0.876. The summed E-state index contributed by atoms with van der Waals surface area (Å²) in [5.41, 5.74) is 3.02. The number of tetrazole rings is 1. The molecule has 0 saturated carbocycles. The molecule has 0 radical (unpaired) electrons. The van der Waals surface area contributed by atoms with Gasteiger partial charge < -0.3 is 10.1 Å². The van der Waals surface area contributed by atoms with E-state index >= 15 is 0 Å². The normalized spacial score (nSPS) is 10.6. The first-order valence-electron chi connectivity index (χ1n) is 9.87. The Morgan fingerprint density at radius 1 is 1.10 bits per heavy atom. The molecule has 1 amide bonds. The number of amides is 1. The quantitative estimate of drug-likeness (QED) is 0.545. The summed E-state index contributed by atoms with van der Waals surface area (Å²) in [5, 5.41) is 14.3. The molecule has 1 heterocycles. The van der Waals surface area contributed by atoms with Gasteiger partial charge in [-0.3, -0.25) is 9.59 Å². The highest BCUT2D eigenvalue weighted by Gasteiger charge is 2.14. The van der Waals surface area contributed by atoms with Gasteiger partial charge in [-0.1, -0.05) is 37.6 Å². The van der Waals surface area contributed by atoms with Gasteiger partial charge in [-0.05, 0) is 47.5 Å². The average molecular weight is 407 g/mol. The number of hydrogen-bond donors (Lipinski definition) is 1. The van der Waals surface area contributed by atoms with Crippen LogP contribution in [0.25, 0.3) is 5.69 Å². The number of aryl methyl sites for hydroxylation is 2. The summed E-state index contributed by atoms with van der Waals surface area (Å²) < 4.78 is 6.89. The van der Waals surface area contributed by atoms with Gasteiger partial charge in [-0.25, -0.2) is 0 Å². The van der Waals surface area contributed by atoms with Crippen LogP contribution >= 0.6 is 0 Å². The predicted molar refractivity (Wildman–Crippen MR) is 113 cm³/mol. The van der Waals surface area contributed by atoms with E-state index in [2.05, 4.69) is 27.8 Å². The molecule has 0 unspecified atom stereocenters. The number of hydrogen-bond acceptors (Lipinski definition) is 6. The van der Waals surface area contributed by atoms with Gasteiger partial charge in [-0.2, -0.15) is 4.68 Å². The third kappa shape index (κ3) is 5.08. The standard InChI is InChI=1S/C22H25N5O3/c1-4-5-16-6-8-17(9-7-16)20(28)11-13-22(29)23-18-10-12-21(30-3)19(14-18)27-15(2)24-25-26-27/h6-10,12,14H,4-5,11,13H2,1-3H3,(H,23,29). The van der Waals surface area contributed by atoms with Crippen molar-refractivity contribution in [2.45, 2.75) is 39.5 Å². The summed E-state index contributed by atoms with van der Waals surface area (Å²) in [6.07, 6.45) is 2.30. The zero-order valence-corrected chi connectivity index (χ0v) is 17.4. The van der Waals surface area contributed by atoms with Gasteiger partial charge in [0.2, 0.25) is 5.91 Å². The summed E-state index contributed by atoms with van der Waals surface area (Å²) in [6.45, 7) is 3.89. The minimum Gasteiger partial charge on any atom is -0.494 e. The lowest BCUT2D eigenvalue weighted by molar-refractivity contribution is -0.116. The number of carbonyl (C=O) groups excluding carboxylic acids is 2. The zero-order valence-electron chi connectivity index (χ0n) is 17.4. The molecule has 0 bridgehead atoms. The monoisotopic (exact) mass is 407 g/mol. The first-order valence-corrected chi connectivity index (χ1v) is 9.87. The Labute approximate surface area is 175 Å². The molecule has 8 heteroatoms. The van der Waals surface area contributed by atoms with Crippen LogP contribution in [0.3, 0.4) is 0 Å². The van der Waals surface area contributed by atoms with Gasteiger partial charge in [0.25, 0.3) is 0 Å². The van der Waals surface area contributed by atoms with Gasteiger partial charge in [0.05, 0.1) is 7.11 Å². The summed E-state index contributed by atoms with van der Waals surface area (Å²) in [7, 11) is 1.55. The van der Waals surface area contributed by atoms with E-state index in [-0.39, 0.29) is 24.5 Å². The van der Waals surface area contributed by atoms with Crippen LogP contribution in [0.1, 0.15) is 47.9 Å². The maximum atomic E-state index is 12.4. The molecule has 0 aliphatic carbocycles. The SMILES string of the molecule is CCCc1ccc(C(=O)CCC(=O)Nc2ccc(OC)c(-n3nnnc3C)c2)cc1. The number of aromatic nitrogens is 4. The van der Waals surface area contributed by atoms with E-state index in [9.17, 15) is 9.59 Å². The first kappa shape index (κ1) is 21.2. The maximum Gasteiger partial charge on any atom is 0.224 e. The molecule has 2 aromatic carbocycles. The van der Waals surface area contributed by atoms with Crippen molar-refractivity contribution in [2.75, 3.05) is 12.4 Å². The van der Waals surface area contributed by atoms with E-state index in [1.807, 2.05) is 24.3 Å². The molecule has 0 atom stereocenters. The highest BCUT2D eigenvalue weighted by molar-refractivity contribution is 6.00. The molecule has 3 rings (SSSR count). The Kier molecular flexibility index (Phi) is 6.90. The molecule has 30 heavy (non-hydrogen) atoms. The van der Waals surface area contributed by atoms with Crippen molar-refractivity contribution in [3.63, 3.8) is 0 Å². The third-order valence-corrected chi connectivity index (χ3v) is 4.71. The molecule has 156 valence electrons. The van der Waals surface area contributed by atoms with E-state index in [0.29, 0.717) is 28.5 Å². The van der Waals surface area contributed by atoms with Gasteiger partial charge in [-0.15, -0.1) is 5.10 Å². The van der Waals surface area contributed by atoms with Crippen molar-refractivity contribution in [1.82, 2.24) is 20.2 Å². The van der Waals surface area contributed by atoms with Crippen LogP contribution < -0.4 is 10.1 Å². The van der Waals surface area contributed by atoms with Crippen LogP contribution in [0.15, 0.2) is 42.5 Å². The lowest BCUT2D eigenvalue weighted by Gasteiger charge is -2.12. The molecule has 0 aliphatic heterocycles. The number of nitrogens with zero attached hydrogens (tertiary/aromatic N) is 4. The van der Waals surface area contributed by atoms with E-state index in [0.717, 1.165) is 12.8 Å². The minimum atomic E-state index is -0.240. The Hall–Kier alpha value is -3.55. The minimum absolute atomic E-state index is 0.0482. The number of ketones is 1. The predicted octanol–water partition coefficient (Wildman–Crippen LogP) is 3.53. The van der Waals surface area contributed by atoms with Crippen molar-refractivity contribution >= 4 is 17.4 Å². The highest BCUT2D eigenvalue weighted by Crippen LogP contribution is 2.26. The maximum absolute atomic E-state index is 12.4. The fraction of sp³-hybridized carbons (Fsp3) is 0.318. The van der Waals surface area contributed by atoms with Crippen LogP contribution in [0, 0.1) is 6.92 Å². The van der Waals surface area contributed by atoms with Gasteiger partial charge >= 0.3 is 0 Å². The van der Waals surface area contributed by atoms with Crippen LogP contribution in [0.5, 0.6) is 5.75 Å². The smallest absolute Gasteiger partial charge is 0.224 e. The summed E-state index contributed by atoms with van der Waals surface area (Å²) in [6, 6.07) is 12.8. The van der Waals surface area contributed by atoms with Gasteiger partial charge in [0.1, 0.15) is 11.4 Å². The number of carbonyl (C=O) groups is 2. The van der Waals surface area contributed by atoms with Crippen molar-refractivity contribution in [3.8, 4) is 11.4 Å². The van der Waals surface area contributed by atoms with Crippen LogP contribution in [0.4, 0.5) is 5.69 Å². The van der Waals surface area contributed by atoms with Crippen LogP contribution in [-0.4, -0.2) is 39.0 Å². The number of ether oxygens (including phenoxy) is 1. The lowest BCUT2D eigenvalue weighted by atomic mass is 10.0. The number of nitrogens with one attached hydrogen (secondary N) is 1. The van der Waals surface area contributed by atoms with Crippen LogP contribution in [0.2, 0.25) is 0 Å². The number of benzene rings is 2. The van der Waals surface area contributed by atoms with E-state index in [1.165, 1.54) is 10.2 Å². The van der Waals surface area contributed by atoms with Crippen molar-refractivity contribution < 1.29 is 14.3 Å². The molecule has 1 aromatic heterocycles. The second-order valence-electron chi connectivity index (χ2n) is 6.94. The molecule has 0 saturated heterocycles. The number of anilines is 1. The number of rotatable bonds is 9. The molecule has 1 N–H and O–H groups in total. The molecular weight excluding hydrogens is 382 g/mol. The van der Waals surface area contributed by atoms with Crippen molar-refractivity contribution in [3.05, 3.63) is 59.4 Å². The Bertz CT molecular complexity index is 1030. The number of methoxy groups -OCH3 is 1. The molecule has 0 spiro atoms. The van der Waals surface area contributed by atoms with Crippen molar-refractivity contribution in [2.24, 2.45) is 0 Å². The third-order valence-electron chi connectivity index (χ3n) is 4.71. The Morgan fingerprint density at radius 3 is 2.50 bits per heavy atom. The van der Waals surface area contributed by atoms with E-state index in [1.54, 1.807) is 32.2 Å². The second-order valence-corrected chi connectivity index (χ2v) is 6.94. The van der Waals surface area contributed by atoms with E-state index in [4.69, 9.17) is 4.74 Å². The summed E-state index contributed by atoms with van der Waals surface area (Å²) >= 11 is 0. The topological polar surface area (TPSA) is 99.0 Å². The first-order chi connectivity index (χ1) is 14.5.